The summed E-state index contributed by atoms with van der Waals surface area (Å²) in [7, 11) is 0. The van der Waals surface area contributed by atoms with Crippen LogP contribution in [0, 0.1) is 0 Å². The van der Waals surface area contributed by atoms with Crippen LogP contribution in [0.15, 0.2) is 171 Å². The molecule has 234 valence electrons. The highest BCUT2D eigenvalue weighted by molar-refractivity contribution is 6.09. The Morgan fingerprint density at radius 3 is 1.14 bits per heavy atom. The van der Waals surface area contributed by atoms with Gasteiger partial charge in [0.1, 0.15) is 0 Å². The van der Waals surface area contributed by atoms with Crippen molar-refractivity contribution in [1.29, 1.82) is 0 Å². The molecule has 0 aliphatic rings. The molecule has 0 spiro atoms. The maximum Gasteiger partial charge on any atom is 0.0886 e. The van der Waals surface area contributed by atoms with E-state index in [0.717, 1.165) is 66.8 Å². The quantitative estimate of drug-likeness (QED) is 0.188. The Hall–Kier alpha value is -6.92. The summed E-state index contributed by atoms with van der Waals surface area (Å²) >= 11 is 0. The van der Waals surface area contributed by atoms with Crippen molar-refractivity contribution in [2.45, 2.75) is 0 Å². The Kier molecular flexibility index (Phi) is 6.39. The van der Waals surface area contributed by atoms with E-state index in [1.807, 2.05) is 49.3 Å². The van der Waals surface area contributed by atoms with E-state index in [9.17, 15) is 0 Å². The van der Waals surface area contributed by atoms with Gasteiger partial charge in [-0.05, 0) is 71.8 Å². The molecule has 10 rings (SSSR count). The van der Waals surface area contributed by atoms with Crippen LogP contribution in [0.25, 0.3) is 88.6 Å². The van der Waals surface area contributed by atoms with Gasteiger partial charge in [-0.3, -0.25) is 19.9 Å². The van der Waals surface area contributed by atoms with Crippen molar-refractivity contribution in [3.05, 3.63) is 171 Å². The first-order valence-electron chi connectivity index (χ1n) is 16.6. The van der Waals surface area contributed by atoms with Crippen LogP contribution in [-0.2, 0) is 0 Å². The van der Waals surface area contributed by atoms with E-state index in [1.54, 1.807) is 0 Å². The van der Waals surface area contributed by atoms with Gasteiger partial charge < -0.3 is 9.13 Å². The van der Waals surface area contributed by atoms with Crippen LogP contribution in [-0.4, -0.2) is 29.1 Å². The Labute approximate surface area is 287 Å². The fraction of sp³-hybridized carbons (Fsp3) is 0. The number of para-hydroxylation sites is 2. The van der Waals surface area contributed by atoms with Gasteiger partial charge in [0.15, 0.2) is 0 Å². The molecule has 0 atom stereocenters. The van der Waals surface area contributed by atoms with E-state index >= 15 is 0 Å². The lowest BCUT2D eigenvalue weighted by molar-refractivity contribution is 1.17. The molecule has 0 amide bonds. The van der Waals surface area contributed by atoms with Crippen LogP contribution in [0.3, 0.4) is 0 Å². The summed E-state index contributed by atoms with van der Waals surface area (Å²) < 4.78 is 4.59. The summed E-state index contributed by atoms with van der Waals surface area (Å²) in [5, 5.41) is 4.71. The van der Waals surface area contributed by atoms with Gasteiger partial charge in [0.2, 0.25) is 0 Å². The number of aromatic nitrogens is 6. The topological polar surface area (TPSA) is 61.4 Å². The van der Waals surface area contributed by atoms with Gasteiger partial charge in [-0.2, -0.15) is 0 Å². The fourth-order valence-electron chi connectivity index (χ4n) is 7.23. The second kappa shape index (κ2) is 11.4. The number of hydrogen-bond donors (Lipinski definition) is 0. The van der Waals surface area contributed by atoms with Crippen molar-refractivity contribution in [3.8, 4) is 45.0 Å². The van der Waals surface area contributed by atoms with E-state index in [4.69, 9.17) is 9.97 Å². The van der Waals surface area contributed by atoms with Crippen molar-refractivity contribution < 1.29 is 0 Å². The Balaban J connectivity index is 0.893. The summed E-state index contributed by atoms with van der Waals surface area (Å²) in [5.41, 5.74) is 12.9. The predicted octanol–water partition coefficient (Wildman–Crippen LogP) is 10.5. The molecule has 0 bridgehead atoms. The van der Waals surface area contributed by atoms with E-state index in [0.29, 0.717) is 0 Å². The molecule has 0 radical (unpaired) electrons. The standard InChI is InChI=1S/C44H28N6/c1-3-7-41-35(5-1)37-27-45-23-21-43(37)49(41)33-15-9-29(10-16-33)31-13-19-39(47-25-31)40-20-14-32(26-48-40)30-11-17-34(18-12-30)50-42-8-4-2-6-36(42)38-28-46-24-22-44(38)50/h1-28H. The molecule has 0 aliphatic heterocycles. The van der Waals surface area contributed by atoms with Gasteiger partial charge in [0, 0.05) is 81.2 Å². The molecule has 6 heteroatoms. The zero-order chi connectivity index (χ0) is 33.0. The van der Waals surface area contributed by atoms with Gasteiger partial charge in [-0.15, -0.1) is 0 Å². The molecular formula is C44H28N6. The average molecular weight is 641 g/mol. The summed E-state index contributed by atoms with van der Waals surface area (Å²) in [6.45, 7) is 0. The van der Waals surface area contributed by atoms with Gasteiger partial charge in [-0.1, -0.05) is 72.8 Å². The first-order valence-corrected chi connectivity index (χ1v) is 16.6. The second-order valence-corrected chi connectivity index (χ2v) is 12.4. The summed E-state index contributed by atoms with van der Waals surface area (Å²) in [4.78, 5) is 18.3. The number of benzene rings is 4. The van der Waals surface area contributed by atoms with Crippen LogP contribution >= 0.6 is 0 Å². The first-order chi connectivity index (χ1) is 24.8. The molecule has 4 aromatic carbocycles. The molecular weight excluding hydrogens is 613 g/mol. The monoisotopic (exact) mass is 640 g/mol. The van der Waals surface area contributed by atoms with Crippen molar-refractivity contribution in [1.82, 2.24) is 29.1 Å². The molecule has 50 heavy (non-hydrogen) atoms. The van der Waals surface area contributed by atoms with Crippen molar-refractivity contribution >= 4 is 43.6 Å². The maximum absolute atomic E-state index is 4.79. The Morgan fingerprint density at radius 1 is 0.320 bits per heavy atom. The van der Waals surface area contributed by atoms with Crippen LogP contribution in [0.5, 0.6) is 0 Å². The Bertz CT molecular complexity index is 2520. The van der Waals surface area contributed by atoms with E-state index < -0.39 is 0 Å². The molecule has 0 N–H and O–H groups in total. The third kappa shape index (κ3) is 4.50. The van der Waals surface area contributed by atoms with Crippen molar-refractivity contribution in [2.24, 2.45) is 0 Å². The van der Waals surface area contributed by atoms with Crippen LogP contribution < -0.4 is 0 Å². The normalized spacial score (nSPS) is 11.6. The summed E-state index contributed by atoms with van der Waals surface area (Å²) in [5.74, 6) is 0. The summed E-state index contributed by atoms with van der Waals surface area (Å²) in [6.07, 6.45) is 11.4. The maximum atomic E-state index is 4.79. The van der Waals surface area contributed by atoms with Crippen molar-refractivity contribution in [3.63, 3.8) is 0 Å². The molecule has 10 aromatic rings. The summed E-state index contributed by atoms with van der Waals surface area (Å²) in [6, 6.07) is 46.7. The zero-order valence-electron chi connectivity index (χ0n) is 26.8. The van der Waals surface area contributed by atoms with Crippen molar-refractivity contribution in [2.75, 3.05) is 0 Å². The Morgan fingerprint density at radius 2 is 0.720 bits per heavy atom. The van der Waals surface area contributed by atoms with E-state index in [-0.39, 0.29) is 0 Å². The minimum absolute atomic E-state index is 0.840. The van der Waals surface area contributed by atoms with Crippen LogP contribution in [0.1, 0.15) is 0 Å². The molecule has 0 saturated carbocycles. The number of hydrogen-bond acceptors (Lipinski definition) is 4. The molecule has 0 saturated heterocycles. The third-order valence-corrected chi connectivity index (χ3v) is 9.66. The number of nitrogens with zero attached hydrogens (tertiary/aromatic N) is 6. The highest BCUT2D eigenvalue weighted by Gasteiger charge is 2.14. The largest absolute Gasteiger partial charge is 0.309 e. The van der Waals surface area contributed by atoms with Gasteiger partial charge >= 0.3 is 0 Å². The predicted molar refractivity (Wildman–Crippen MR) is 203 cm³/mol. The molecule has 0 unspecified atom stereocenters. The fourth-order valence-corrected chi connectivity index (χ4v) is 7.23. The molecule has 6 nitrogen and oxygen atoms in total. The van der Waals surface area contributed by atoms with Gasteiger partial charge in [0.05, 0.1) is 33.5 Å². The third-order valence-electron chi connectivity index (χ3n) is 9.66. The van der Waals surface area contributed by atoms with Crippen LogP contribution in [0.2, 0.25) is 0 Å². The number of fused-ring (bicyclic) bond motifs is 6. The highest BCUT2D eigenvalue weighted by Crippen LogP contribution is 2.34. The lowest BCUT2D eigenvalue weighted by Gasteiger charge is -2.10. The molecule has 0 fully saturated rings. The minimum atomic E-state index is 0.840. The SMILES string of the molecule is c1ccc2c(c1)c1cnccc1n2-c1ccc(-c2ccc(-c3ccc(-c4ccc(-n5c6ccccc6c6cnccc65)cc4)cn3)nc2)cc1. The number of rotatable bonds is 5. The number of pyridine rings is 4. The highest BCUT2D eigenvalue weighted by atomic mass is 15.0. The second-order valence-electron chi connectivity index (χ2n) is 12.4. The zero-order valence-corrected chi connectivity index (χ0v) is 26.8. The smallest absolute Gasteiger partial charge is 0.0886 e. The molecule has 6 aromatic heterocycles. The van der Waals surface area contributed by atoms with E-state index in [2.05, 4.69) is 140 Å². The molecule has 0 aliphatic carbocycles. The average Bonchev–Trinajstić information content (AvgIpc) is 3.71. The van der Waals surface area contributed by atoms with Gasteiger partial charge in [-0.25, -0.2) is 0 Å². The minimum Gasteiger partial charge on any atom is -0.309 e. The lowest BCUT2D eigenvalue weighted by atomic mass is 10.1. The molecule has 6 heterocycles. The lowest BCUT2D eigenvalue weighted by Crippen LogP contribution is -1.94. The van der Waals surface area contributed by atoms with Crippen LogP contribution in [0.4, 0.5) is 0 Å². The first kappa shape index (κ1) is 28.1. The van der Waals surface area contributed by atoms with E-state index in [1.165, 1.54) is 21.8 Å². The van der Waals surface area contributed by atoms with Gasteiger partial charge in [0.25, 0.3) is 0 Å².